The summed E-state index contributed by atoms with van der Waals surface area (Å²) in [6, 6.07) is 11.5. The Morgan fingerprint density at radius 1 is 1.00 bits per heavy atom. The number of hydrogen-bond donors (Lipinski definition) is 2. The number of amides is 1. The molecule has 0 saturated heterocycles. The van der Waals surface area contributed by atoms with Crippen molar-refractivity contribution in [1.29, 1.82) is 0 Å². The van der Waals surface area contributed by atoms with E-state index < -0.39 is 10.0 Å². The average molecular weight is 449 g/mol. The highest BCUT2D eigenvalue weighted by molar-refractivity contribution is 7.89. The molecular weight excluding hydrogens is 420 g/mol. The molecule has 1 saturated carbocycles. The van der Waals surface area contributed by atoms with Gasteiger partial charge in [0.1, 0.15) is 5.75 Å². The molecule has 168 valence electrons. The first-order valence-corrected chi connectivity index (χ1v) is 11.6. The molecule has 2 aromatic carbocycles. The van der Waals surface area contributed by atoms with Crippen molar-refractivity contribution < 1.29 is 27.4 Å². The predicted molar refractivity (Wildman–Crippen MR) is 116 cm³/mol. The van der Waals surface area contributed by atoms with Gasteiger partial charge in [-0.05, 0) is 54.8 Å². The first-order chi connectivity index (χ1) is 14.9. The normalized spacial score (nSPS) is 14.3. The van der Waals surface area contributed by atoms with Crippen molar-refractivity contribution >= 4 is 15.9 Å². The van der Waals surface area contributed by atoms with Gasteiger partial charge in [0.05, 0.1) is 19.1 Å². The SMILES string of the molecule is COc1ccc(CNC(=O)COc2ccc(S(=O)(=O)NC3CCCC3)cc2)cc1OC. The van der Waals surface area contributed by atoms with Gasteiger partial charge in [0, 0.05) is 12.6 Å². The Labute approximate surface area is 182 Å². The molecule has 0 unspecified atom stereocenters. The number of rotatable bonds is 10. The van der Waals surface area contributed by atoms with Gasteiger partial charge in [-0.25, -0.2) is 13.1 Å². The van der Waals surface area contributed by atoms with Crippen LogP contribution in [0.25, 0.3) is 0 Å². The third-order valence-corrected chi connectivity index (χ3v) is 6.65. The Bertz CT molecular complexity index is 986. The van der Waals surface area contributed by atoms with E-state index in [0.717, 1.165) is 31.2 Å². The van der Waals surface area contributed by atoms with Crippen molar-refractivity contribution in [2.75, 3.05) is 20.8 Å². The molecule has 1 aliphatic rings. The third kappa shape index (κ3) is 6.35. The minimum Gasteiger partial charge on any atom is -0.493 e. The lowest BCUT2D eigenvalue weighted by atomic mass is 10.2. The van der Waals surface area contributed by atoms with Crippen LogP contribution in [0, 0.1) is 0 Å². The maximum atomic E-state index is 12.4. The number of nitrogens with one attached hydrogen (secondary N) is 2. The second kappa shape index (κ2) is 10.5. The molecule has 3 rings (SSSR count). The van der Waals surface area contributed by atoms with Crippen LogP contribution in [-0.4, -0.2) is 41.2 Å². The Hall–Kier alpha value is -2.78. The minimum absolute atomic E-state index is 0.00953. The molecule has 0 heterocycles. The molecule has 0 aliphatic heterocycles. The Kier molecular flexibility index (Phi) is 7.75. The van der Waals surface area contributed by atoms with Crippen LogP contribution < -0.4 is 24.2 Å². The smallest absolute Gasteiger partial charge is 0.258 e. The van der Waals surface area contributed by atoms with Crippen LogP contribution in [0.4, 0.5) is 0 Å². The second-order valence-electron chi connectivity index (χ2n) is 7.33. The summed E-state index contributed by atoms with van der Waals surface area (Å²) in [5, 5.41) is 2.77. The first-order valence-electron chi connectivity index (χ1n) is 10.1. The van der Waals surface area contributed by atoms with Gasteiger partial charge >= 0.3 is 0 Å². The highest BCUT2D eigenvalue weighted by Gasteiger charge is 2.22. The van der Waals surface area contributed by atoms with Crippen molar-refractivity contribution in [3.8, 4) is 17.2 Å². The molecule has 2 N–H and O–H groups in total. The average Bonchev–Trinajstić information content (AvgIpc) is 3.28. The standard InChI is InChI=1S/C22H28N2O6S/c1-28-20-12-7-16(13-21(20)29-2)14-23-22(25)15-30-18-8-10-19(11-9-18)31(26,27)24-17-5-3-4-6-17/h7-13,17,24H,3-6,14-15H2,1-2H3,(H,23,25). The molecule has 1 fully saturated rings. The summed E-state index contributed by atoms with van der Waals surface area (Å²) in [5.41, 5.74) is 0.857. The largest absolute Gasteiger partial charge is 0.493 e. The van der Waals surface area contributed by atoms with Crippen molar-refractivity contribution in [3.63, 3.8) is 0 Å². The second-order valence-corrected chi connectivity index (χ2v) is 9.04. The van der Waals surface area contributed by atoms with Gasteiger partial charge in [0.15, 0.2) is 18.1 Å². The van der Waals surface area contributed by atoms with Gasteiger partial charge < -0.3 is 19.5 Å². The van der Waals surface area contributed by atoms with E-state index in [-0.39, 0.29) is 23.5 Å². The zero-order chi connectivity index (χ0) is 22.3. The summed E-state index contributed by atoms with van der Waals surface area (Å²) in [4.78, 5) is 12.3. The summed E-state index contributed by atoms with van der Waals surface area (Å²) in [5.74, 6) is 1.32. The number of methoxy groups -OCH3 is 2. The Morgan fingerprint density at radius 2 is 1.68 bits per heavy atom. The van der Waals surface area contributed by atoms with Crippen molar-refractivity contribution in [2.24, 2.45) is 0 Å². The van der Waals surface area contributed by atoms with Crippen LogP contribution in [-0.2, 0) is 21.4 Å². The van der Waals surface area contributed by atoms with Gasteiger partial charge in [0.2, 0.25) is 10.0 Å². The molecule has 0 spiro atoms. The van der Waals surface area contributed by atoms with Crippen LogP contribution in [0.1, 0.15) is 31.2 Å². The van der Waals surface area contributed by atoms with Gasteiger partial charge in [-0.15, -0.1) is 0 Å². The molecule has 2 aromatic rings. The van der Waals surface area contributed by atoms with Gasteiger partial charge in [-0.2, -0.15) is 0 Å². The van der Waals surface area contributed by atoms with E-state index in [4.69, 9.17) is 14.2 Å². The van der Waals surface area contributed by atoms with Crippen molar-refractivity contribution in [3.05, 3.63) is 48.0 Å². The molecule has 9 heteroatoms. The van der Waals surface area contributed by atoms with Crippen LogP contribution in [0.5, 0.6) is 17.2 Å². The fourth-order valence-corrected chi connectivity index (χ4v) is 4.74. The van der Waals surface area contributed by atoms with Gasteiger partial charge in [-0.3, -0.25) is 4.79 Å². The predicted octanol–water partition coefficient (Wildman–Crippen LogP) is 2.62. The Morgan fingerprint density at radius 3 is 2.32 bits per heavy atom. The van der Waals surface area contributed by atoms with Crippen molar-refractivity contribution in [2.45, 2.75) is 43.2 Å². The van der Waals surface area contributed by atoms with Crippen LogP contribution in [0.3, 0.4) is 0 Å². The summed E-state index contributed by atoms with van der Waals surface area (Å²) in [7, 11) is -0.435. The summed E-state index contributed by atoms with van der Waals surface area (Å²) >= 11 is 0. The van der Waals surface area contributed by atoms with Crippen LogP contribution in [0.2, 0.25) is 0 Å². The number of sulfonamides is 1. The van der Waals surface area contributed by atoms with Gasteiger partial charge in [-0.1, -0.05) is 18.9 Å². The highest BCUT2D eigenvalue weighted by Crippen LogP contribution is 2.27. The lowest BCUT2D eigenvalue weighted by Crippen LogP contribution is -2.32. The lowest BCUT2D eigenvalue weighted by molar-refractivity contribution is -0.123. The maximum absolute atomic E-state index is 12.4. The topological polar surface area (TPSA) is 103 Å². The van der Waals surface area contributed by atoms with E-state index in [0.29, 0.717) is 23.8 Å². The van der Waals surface area contributed by atoms with E-state index >= 15 is 0 Å². The summed E-state index contributed by atoms with van der Waals surface area (Å²) < 4.78 is 43.5. The molecule has 1 aliphatic carbocycles. The fraction of sp³-hybridized carbons (Fsp3) is 0.409. The number of carbonyl (C=O) groups is 1. The van der Waals surface area contributed by atoms with E-state index in [9.17, 15) is 13.2 Å². The van der Waals surface area contributed by atoms with Gasteiger partial charge in [0.25, 0.3) is 5.91 Å². The maximum Gasteiger partial charge on any atom is 0.258 e. The number of hydrogen-bond acceptors (Lipinski definition) is 6. The molecule has 1 amide bonds. The lowest BCUT2D eigenvalue weighted by Gasteiger charge is -2.13. The monoisotopic (exact) mass is 448 g/mol. The van der Waals surface area contributed by atoms with E-state index in [1.165, 1.54) is 12.1 Å². The van der Waals surface area contributed by atoms with Crippen molar-refractivity contribution in [1.82, 2.24) is 10.0 Å². The van der Waals surface area contributed by atoms with Crippen LogP contribution in [0.15, 0.2) is 47.4 Å². The highest BCUT2D eigenvalue weighted by atomic mass is 32.2. The zero-order valence-electron chi connectivity index (χ0n) is 17.7. The number of benzene rings is 2. The molecule has 8 nitrogen and oxygen atoms in total. The first kappa shape index (κ1) is 22.9. The molecular formula is C22H28N2O6S. The Balaban J connectivity index is 1.48. The number of ether oxygens (including phenoxy) is 3. The third-order valence-electron chi connectivity index (χ3n) is 5.12. The van der Waals surface area contributed by atoms with E-state index in [2.05, 4.69) is 10.0 Å². The molecule has 0 aromatic heterocycles. The van der Waals surface area contributed by atoms with E-state index in [1.807, 2.05) is 6.07 Å². The quantitative estimate of drug-likeness (QED) is 0.579. The zero-order valence-corrected chi connectivity index (χ0v) is 18.5. The summed E-state index contributed by atoms with van der Waals surface area (Å²) in [6.45, 7) is 0.131. The molecule has 0 bridgehead atoms. The molecule has 31 heavy (non-hydrogen) atoms. The van der Waals surface area contributed by atoms with E-state index in [1.54, 1.807) is 38.5 Å². The van der Waals surface area contributed by atoms with Crippen LogP contribution >= 0.6 is 0 Å². The fourth-order valence-electron chi connectivity index (χ4n) is 3.44. The minimum atomic E-state index is -3.55. The molecule has 0 atom stereocenters. The number of carbonyl (C=O) groups excluding carboxylic acids is 1. The summed E-state index contributed by atoms with van der Waals surface area (Å²) in [6.07, 6.45) is 3.85. The molecule has 0 radical (unpaired) electrons.